The molecule has 0 aliphatic carbocycles. The van der Waals surface area contributed by atoms with Gasteiger partial charge in [-0.3, -0.25) is 4.79 Å². The van der Waals surface area contributed by atoms with Crippen molar-refractivity contribution in [1.29, 1.82) is 0 Å². The van der Waals surface area contributed by atoms with Gasteiger partial charge in [0.2, 0.25) is 0 Å². The summed E-state index contributed by atoms with van der Waals surface area (Å²) >= 11 is 0. The summed E-state index contributed by atoms with van der Waals surface area (Å²) in [4.78, 5) is 28.7. The molecule has 164 valence electrons. The number of rotatable bonds is 6. The summed E-state index contributed by atoms with van der Waals surface area (Å²) in [7, 11) is 0. The van der Waals surface area contributed by atoms with Crippen LogP contribution in [0.3, 0.4) is 0 Å². The quantitative estimate of drug-likeness (QED) is 0.616. The molecule has 0 spiro atoms. The van der Waals surface area contributed by atoms with Crippen molar-refractivity contribution in [3.63, 3.8) is 0 Å². The van der Waals surface area contributed by atoms with E-state index in [2.05, 4.69) is 15.5 Å². The summed E-state index contributed by atoms with van der Waals surface area (Å²) in [6.07, 6.45) is 2.95. The molecule has 1 unspecified atom stereocenters. The Morgan fingerprint density at radius 3 is 2.48 bits per heavy atom. The number of carbonyl (C=O) groups is 2. The molecule has 9 heteroatoms. The van der Waals surface area contributed by atoms with Gasteiger partial charge in [0.15, 0.2) is 0 Å². The molecule has 1 atom stereocenters. The van der Waals surface area contributed by atoms with Gasteiger partial charge < -0.3 is 20.6 Å². The zero-order chi connectivity index (χ0) is 22.0. The van der Waals surface area contributed by atoms with Gasteiger partial charge in [-0.1, -0.05) is 24.3 Å². The van der Waals surface area contributed by atoms with Crippen LogP contribution in [0.5, 0.6) is 0 Å². The molecule has 2 aliphatic heterocycles. The summed E-state index contributed by atoms with van der Waals surface area (Å²) in [5.41, 5.74) is -3.22. The molecule has 31 heavy (non-hydrogen) atoms. The van der Waals surface area contributed by atoms with Gasteiger partial charge in [0.1, 0.15) is 17.3 Å². The van der Waals surface area contributed by atoms with Crippen molar-refractivity contribution in [3.8, 4) is 0 Å². The molecule has 2 aromatic carbocycles. The molecule has 1 saturated heterocycles. The van der Waals surface area contributed by atoms with Crippen LogP contribution >= 0.6 is 0 Å². The van der Waals surface area contributed by atoms with Gasteiger partial charge in [-0.2, -0.15) is 0 Å². The van der Waals surface area contributed by atoms with E-state index in [1.807, 2.05) is 0 Å². The molecule has 0 saturated carbocycles. The topological polar surface area (TPSA) is 84.9 Å². The molecule has 2 heterocycles. The molecular formula is C22H24F2N4O3. The van der Waals surface area contributed by atoms with Crippen molar-refractivity contribution in [2.75, 3.05) is 36.4 Å². The number of nitrogens with zero attached hydrogens (tertiary/aromatic N) is 2. The second kappa shape index (κ2) is 8.60. The predicted molar refractivity (Wildman–Crippen MR) is 111 cm³/mol. The maximum Gasteiger partial charge on any atom is 0.329 e. The number of hydrogen-bond acceptors (Lipinski definition) is 4. The summed E-state index contributed by atoms with van der Waals surface area (Å²) < 4.78 is 29.1. The lowest BCUT2D eigenvalue weighted by Gasteiger charge is -2.42. The van der Waals surface area contributed by atoms with E-state index in [-0.39, 0.29) is 17.8 Å². The fourth-order valence-corrected chi connectivity index (χ4v) is 4.16. The fourth-order valence-electron chi connectivity index (χ4n) is 4.16. The Hall–Kier alpha value is -3.04. The van der Waals surface area contributed by atoms with Crippen LogP contribution in [-0.2, 0) is 10.5 Å². The van der Waals surface area contributed by atoms with Crippen molar-refractivity contribution in [3.05, 3.63) is 59.7 Å². The van der Waals surface area contributed by atoms with Crippen molar-refractivity contribution >= 4 is 23.3 Å². The lowest BCUT2D eigenvalue weighted by atomic mass is 9.94. The minimum atomic E-state index is -2.63. The first-order valence-electron chi connectivity index (χ1n) is 10.3. The molecule has 0 bridgehead atoms. The Morgan fingerprint density at radius 2 is 1.77 bits per heavy atom. The van der Waals surface area contributed by atoms with Crippen molar-refractivity contribution in [1.82, 2.24) is 10.2 Å². The summed E-state index contributed by atoms with van der Waals surface area (Å²) in [6, 6.07) is 8.17. The lowest BCUT2D eigenvalue weighted by molar-refractivity contribution is -0.140. The number of nitrogens with one attached hydrogen (secondary N) is 2. The highest BCUT2D eigenvalue weighted by molar-refractivity contribution is 6.11. The third-order valence-electron chi connectivity index (χ3n) is 5.68. The van der Waals surface area contributed by atoms with Gasteiger partial charge in [-0.05, 0) is 57.1 Å². The largest absolute Gasteiger partial charge is 0.359 e. The number of para-hydroxylation sites is 2. The second-order valence-corrected chi connectivity index (χ2v) is 7.71. The smallest absolute Gasteiger partial charge is 0.329 e. The van der Waals surface area contributed by atoms with E-state index in [1.54, 1.807) is 12.1 Å². The number of carbonyl (C=O) groups excluding carboxylic acids is 2. The molecule has 2 aliphatic rings. The van der Waals surface area contributed by atoms with E-state index >= 15 is 0 Å². The molecule has 4 rings (SSSR count). The standard InChI is InChI=1S/C22H24F2N4O3/c23-16-8-5-9-17(24)19(16)28-21(30)26-18-10-2-1-7-15(18)22(28,31)20(29)25-11-6-14-27-12-3-4-13-27/h1-2,5,7-10,31H,3-4,6,11-14H2,(H,25,29)(H,26,30). The number of urea groups is 1. The Morgan fingerprint density at radius 1 is 1.10 bits per heavy atom. The van der Waals surface area contributed by atoms with Gasteiger partial charge in [-0.25, -0.2) is 18.5 Å². The number of aliphatic hydroxyl groups is 1. The van der Waals surface area contributed by atoms with Crippen molar-refractivity contribution in [2.24, 2.45) is 0 Å². The van der Waals surface area contributed by atoms with Crippen LogP contribution in [0.15, 0.2) is 42.5 Å². The van der Waals surface area contributed by atoms with Crippen LogP contribution in [0.2, 0.25) is 0 Å². The number of amides is 3. The molecule has 1 fully saturated rings. The number of likely N-dealkylation sites (tertiary alicyclic amines) is 1. The lowest BCUT2D eigenvalue weighted by Crippen LogP contribution is -2.63. The normalized spacial score (nSPS) is 21.0. The zero-order valence-corrected chi connectivity index (χ0v) is 16.9. The number of halogens is 2. The first kappa shape index (κ1) is 21.2. The Labute approximate surface area is 178 Å². The van der Waals surface area contributed by atoms with Crippen LogP contribution in [0.25, 0.3) is 0 Å². The minimum absolute atomic E-state index is 0.0225. The molecule has 3 N–H and O–H groups in total. The minimum Gasteiger partial charge on any atom is -0.359 e. The highest BCUT2D eigenvalue weighted by Crippen LogP contribution is 2.41. The van der Waals surface area contributed by atoms with Gasteiger partial charge in [0, 0.05) is 12.1 Å². The third kappa shape index (κ3) is 3.86. The summed E-state index contributed by atoms with van der Waals surface area (Å²) in [5, 5.41) is 16.7. The Kier molecular flexibility index (Phi) is 5.88. The number of hydrogen-bond donors (Lipinski definition) is 3. The predicted octanol–water partition coefficient (Wildman–Crippen LogP) is 2.76. The van der Waals surface area contributed by atoms with E-state index in [0.29, 0.717) is 11.3 Å². The maximum absolute atomic E-state index is 14.6. The Bertz CT molecular complexity index is 976. The van der Waals surface area contributed by atoms with Crippen LogP contribution in [0, 0.1) is 11.6 Å². The summed E-state index contributed by atoms with van der Waals surface area (Å²) in [5.74, 6) is -3.08. The average molecular weight is 430 g/mol. The number of fused-ring (bicyclic) bond motifs is 1. The van der Waals surface area contributed by atoms with E-state index < -0.39 is 35.0 Å². The van der Waals surface area contributed by atoms with Gasteiger partial charge in [0.05, 0.1) is 5.69 Å². The van der Waals surface area contributed by atoms with Gasteiger partial charge >= 0.3 is 6.03 Å². The molecule has 2 aromatic rings. The second-order valence-electron chi connectivity index (χ2n) is 7.71. The van der Waals surface area contributed by atoms with Crippen molar-refractivity contribution in [2.45, 2.75) is 25.0 Å². The third-order valence-corrected chi connectivity index (χ3v) is 5.68. The highest BCUT2D eigenvalue weighted by atomic mass is 19.1. The van der Waals surface area contributed by atoms with Crippen LogP contribution in [0.4, 0.5) is 25.0 Å². The van der Waals surface area contributed by atoms with E-state index in [9.17, 15) is 23.5 Å². The highest BCUT2D eigenvalue weighted by Gasteiger charge is 2.53. The SMILES string of the molecule is O=C1Nc2ccccc2C(O)(C(=O)NCCCN2CCCC2)N1c1c(F)cccc1F. The van der Waals surface area contributed by atoms with Crippen LogP contribution in [-0.4, -0.2) is 48.1 Å². The first-order valence-corrected chi connectivity index (χ1v) is 10.3. The average Bonchev–Trinajstić information content (AvgIpc) is 3.26. The van der Waals surface area contributed by atoms with E-state index in [1.165, 1.54) is 12.1 Å². The molecular weight excluding hydrogens is 406 g/mol. The maximum atomic E-state index is 14.6. The van der Waals surface area contributed by atoms with Gasteiger partial charge in [-0.15, -0.1) is 0 Å². The Balaban J connectivity index is 1.65. The molecule has 3 amide bonds. The van der Waals surface area contributed by atoms with Crippen LogP contribution < -0.4 is 15.5 Å². The summed E-state index contributed by atoms with van der Waals surface area (Å²) in [6.45, 7) is 3.08. The molecule has 7 nitrogen and oxygen atoms in total. The van der Waals surface area contributed by atoms with E-state index in [0.717, 1.165) is 50.7 Å². The number of anilines is 2. The fraction of sp³-hybridized carbons (Fsp3) is 0.364. The number of benzene rings is 2. The monoisotopic (exact) mass is 430 g/mol. The van der Waals surface area contributed by atoms with Crippen molar-refractivity contribution < 1.29 is 23.5 Å². The van der Waals surface area contributed by atoms with Gasteiger partial charge in [0.25, 0.3) is 11.6 Å². The van der Waals surface area contributed by atoms with Crippen LogP contribution in [0.1, 0.15) is 24.8 Å². The molecule has 0 aromatic heterocycles. The molecule has 0 radical (unpaired) electrons. The van der Waals surface area contributed by atoms with E-state index in [4.69, 9.17) is 0 Å². The first-order chi connectivity index (χ1) is 14.9. The zero-order valence-electron chi connectivity index (χ0n) is 16.9.